The van der Waals surface area contributed by atoms with E-state index in [-0.39, 0.29) is 49.4 Å². The van der Waals surface area contributed by atoms with Gasteiger partial charge in [0.1, 0.15) is 43.5 Å². The Bertz CT molecular complexity index is 3250. The van der Waals surface area contributed by atoms with Crippen molar-refractivity contribution in [1.29, 1.82) is 0 Å². The summed E-state index contributed by atoms with van der Waals surface area (Å²) in [6.45, 7) is 3.53. The van der Waals surface area contributed by atoms with Gasteiger partial charge in [-0.1, -0.05) is 212 Å². The molecule has 7 amide bonds. The lowest BCUT2D eigenvalue weighted by atomic mass is 9.84. The highest BCUT2D eigenvalue weighted by Gasteiger charge is 2.39. The number of unbranched alkanes of at least 4 members (excludes halogenated alkanes) is 1. The monoisotopic (exact) mass is 1260 g/mol. The highest BCUT2D eigenvalue weighted by molar-refractivity contribution is 8.00. The van der Waals surface area contributed by atoms with Crippen molar-refractivity contribution in [2.24, 2.45) is 0 Å². The van der Waals surface area contributed by atoms with Gasteiger partial charge in [-0.2, -0.15) is 0 Å². The van der Waals surface area contributed by atoms with Gasteiger partial charge in [-0.05, 0) is 79.0 Å². The highest BCUT2D eigenvalue weighted by Crippen LogP contribution is 2.48. The van der Waals surface area contributed by atoms with E-state index >= 15 is 0 Å². The van der Waals surface area contributed by atoms with Crippen LogP contribution in [0.2, 0.25) is 0 Å². The first-order chi connectivity index (χ1) is 43.6. The molecule has 470 valence electrons. The van der Waals surface area contributed by atoms with Crippen LogP contribution in [-0.2, 0) is 60.9 Å². The van der Waals surface area contributed by atoms with Crippen molar-refractivity contribution in [2.75, 3.05) is 37.7 Å². The van der Waals surface area contributed by atoms with Crippen LogP contribution in [0, 0.1) is 0 Å². The molecular weight excluding hydrogens is 1180 g/mol. The average Bonchev–Trinajstić information content (AvgIpc) is 0.783. The maximum absolute atomic E-state index is 14.5. The number of carbonyl (C=O) groups is 8. The van der Waals surface area contributed by atoms with Crippen LogP contribution in [0.25, 0.3) is 0 Å². The van der Waals surface area contributed by atoms with Gasteiger partial charge in [-0.15, -0.1) is 23.5 Å². The molecule has 7 aromatic rings. The maximum atomic E-state index is 14.5. The summed E-state index contributed by atoms with van der Waals surface area (Å²) in [7, 11) is 0. The van der Waals surface area contributed by atoms with Gasteiger partial charge in [-0.3, -0.25) is 28.8 Å². The zero-order valence-electron chi connectivity index (χ0n) is 50.6. The number of alkyl carbamates (subject to hydrolysis) is 2. The van der Waals surface area contributed by atoms with Crippen LogP contribution < -0.4 is 37.2 Å². The van der Waals surface area contributed by atoms with Crippen LogP contribution in [0.5, 0.6) is 0 Å². The molecule has 20 heteroatoms. The van der Waals surface area contributed by atoms with Crippen LogP contribution in [0.3, 0.4) is 0 Å². The largest absolute Gasteiger partial charge is 0.459 e. The molecule has 0 aromatic heterocycles. The van der Waals surface area contributed by atoms with Crippen LogP contribution in [0.1, 0.15) is 84.2 Å². The Morgan fingerprint density at radius 3 is 1.27 bits per heavy atom. The van der Waals surface area contributed by atoms with Crippen molar-refractivity contribution in [3.05, 3.63) is 251 Å². The predicted octanol–water partition coefficient (Wildman–Crippen LogP) is 9.29. The van der Waals surface area contributed by atoms with E-state index in [1.54, 1.807) is 32.9 Å². The first kappa shape index (κ1) is 68.1. The molecule has 0 spiro atoms. The molecule has 0 aliphatic heterocycles. The third-order valence-electron chi connectivity index (χ3n) is 13.8. The van der Waals surface area contributed by atoms with Gasteiger partial charge in [-0.25, -0.2) is 9.59 Å². The number of amides is 7. The predicted molar refractivity (Wildman–Crippen MR) is 350 cm³/mol. The fraction of sp³-hybridized carbons (Fsp3) is 0.286. The van der Waals surface area contributed by atoms with Gasteiger partial charge < -0.3 is 51.4 Å². The Hall–Kier alpha value is -9.40. The zero-order valence-corrected chi connectivity index (χ0v) is 52.2. The number of hydrogen-bond acceptors (Lipinski definition) is 13. The summed E-state index contributed by atoms with van der Waals surface area (Å²) in [5.41, 5.74) is 5.35. The minimum atomic E-state index is -1.27. The number of thioether (sulfide) groups is 2. The molecule has 0 aliphatic rings. The third kappa shape index (κ3) is 22.3. The topological polar surface area (TPSA) is 248 Å². The molecule has 3 unspecified atom stereocenters. The molecule has 7 rings (SSSR count). The molecule has 0 saturated heterocycles. The van der Waals surface area contributed by atoms with Crippen molar-refractivity contribution in [2.45, 2.75) is 87.0 Å². The summed E-state index contributed by atoms with van der Waals surface area (Å²) in [5, 5.41) is 18.5. The molecule has 0 saturated carbocycles. The minimum Gasteiger partial charge on any atom is -0.459 e. The summed E-state index contributed by atoms with van der Waals surface area (Å²) < 4.78 is 15.4. The Kier molecular flexibility index (Phi) is 26.9. The van der Waals surface area contributed by atoms with E-state index in [9.17, 15) is 38.4 Å². The van der Waals surface area contributed by atoms with Crippen molar-refractivity contribution >= 4 is 71.2 Å². The molecule has 0 heterocycles. The van der Waals surface area contributed by atoms with E-state index in [1.807, 2.05) is 200 Å². The number of rotatable bonds is 32. The summed E-state index contributed by atoms with van der Waals surface area (Å²) in [4.78, 5) is 109. The molecule has 7 aromatic carbocycles. The summed E-state index contributed by atoms with van der Waals surface area (Å²) >= 11 is 2.81. The quantitative estimate of drug-likeness (QED) is 0.00900. The Balaban J connectivity index is 1.05. The lowest BCUT2D eigenvalue weighted by molar-refractivity contribution is -0.154. The number of hydrogen-bond donors (Lipinski definition) is 7. The smallest absolute Gasteiger partial charge is 0.408 e. The van der Waals surface area contributed by atoms with Gasteiger partial charge in [0.05, 0.1) is 23.1 Å². The molecule has 0 aliphatic carbocycles. The molecular formula is C70H77N7O11S2. The van der Waals surface area contributed by atoms with Gasteiger partial charge in [0.15, 0.2) is 0 Å². The summed E-state index contributed by atoms with van der Waals surface area (Å²) in [6, 6.07) is 63.2. The third-order valence-corrected chi connectivity index (χ3v) is 16.9. The van der Waals surface area contributed by atoms with E-state index in [1.165, 1.54) is 23.5 Å². The van der Waals surface area contributed by atoms with E-state index in [2.05, 4.69) is 37.2 Å². The second kappa shape index (κ2) is 35.6. The first-order valence-electron chi connectivity index (χ1n) is 29.6. The fourth-order valence-electron chi connectivity index (χ4n) is 9.52. The number of carbonyl (C=O) groups excluding carboxylic acids is 8. The SMILES string of the molecule is CC(C)(C)OC(=O)CNC(=O)C(CSC(c1ccccc1)c1ccccc1)NC(=O)CNC(=O)C(CCCCNC(=O)OCc1ccccc1)NC(=O)CNC(=O)C(CSC(c1ccccc1)(c1ccccc1)c1ccccc1)NC(=O)OCc1ccccc1. The minimum absolute atomic E-state index is 0.0148. The summed E-state index contributed by atoms with van der Waals surface area (Å²) in [5.74, 6) is -4.31. The number of benzene rings is 7. The van der Waals surface area contributed by atoms with Gasteiger partial charge in [0.25, 0.3) is 0 Å². The lowest BCUT2D eigenvalue weighted by Crippen LogP contribution is -2.55. The first-order valence-corrected chi connectivity index (χ1v) is 31.7. The maximum Gasteiger partial charge on any atom is 0.408 e. The van der Waals surface area contributed by atoms with Crippen LogP contribution in [-0.4, -0.2) is 109 Å². The second-order valence-corrected chi connectivity index (χ2v) is 24.2. The highest BCUT2D eigenvalue weighted by atomic mass is 32.2. The second-order valence-electron chi connectivity index (χ2n) is 21.8. The van der Waals surface area contributed by atoms with E-state index in [0.717, 1.165) is 38.9 Å². The van der Waals surface area contributed by atoms with Crippen molar-refractivity contribution in [3.8, 4) is 0 Å². The van der Waals surface area contributed by atoms with Crippen LogP contribution >= 0.6 is 23.5 Å². The fourth-order valence-corrected chi connectivity index (χ4v) is 12.4. The molecule has 0 bridgehead atoms. The van der Waals surface area contributed by atoms with Gasteiger partial charge in [0, 0.05) is 18.1 Å². The molecule has 0 radical (unpaired) electrons. The normalized spacial score (nSPS) is 12.2. The van der Waals surface area contributed by atoms with Crippen molar-refractivity contribution < 1.29 is 52.6 Å². The molecule has 3 atom stereocenters. The molecule has 18 nitrogen and oxygen atoms in total. The van der Waals surface area contributed by atoms with E-state index < -0.39 is 95.8 Å². The molecule has 7 N–H and O–H groups in total. The van der Waals surface area contributed by atoms with E-state index in [4.69, 9.17) is 14.2 Å². The number of nitrogens with one attached hydrogen (secondary N) is 7. The van der Waals surface area contributed by atoms with E-state index in [0.29, 0.717) is 6.42 Å². The number of ether oxygens (including phenoxy) is 3. The summed E-state index contributed by atoms with van der Waals surface area (Å²) in [6.07, 6.45) is -0.852. The zero-order chi connectivity index (χ0) is 64.0. The Labute approximate surface area is 534 Å². The van der Waals surface area contributed by atoms with Gasteiger partial charge >= 0.3 is 18.2 Å². The average molecular weight is 1260 g/mol. The van der Waals surface area contributed by atoms with Crippen LogP contribution in [0.15, 0.2) is 212 Å². The van der Waals surface area contributed by atoms with Gasteiger partial charge in [0.2, 0.25) is 29.5 Å². The molecule has 90 heavy (non-hydrogen) atoms. The Morgan fingerprint density at radius 1 is 0.422 bits per heavy atom. The van der Waals surface area contributed by atoms with Crippen LogP contribution in [0.4, 0.5) is 9.59 Å². The standard InChI is InChI=1S/C70H77N7O11S2/c1-69(2,3)88-62(80)45-74-65(82)58(48-89-63(52-31-15-6-16-32-52)53-33-17-7-18-34-53)76-61(79)44-72-64(81)57(41-25-26-42-71-67(84)86-46-50-27-11-4-12-28-50)75-60(78)43-73-66(83)59(77-68(85)87-47-51-29-13-5-14-30-51)49-90-70(54-35-19-8-20-36-54,55-37-21-9-22-38-55)56-39-23-10-24-40-56/h4-24,27-40,57-59,63H,25-26,41-49H2,1-3H3,(H,71,84)(H,72,81)(H,73,83)(H,74,82)(H,75,78)(H,76,79)(H,77,85). The Morgan fingerprint density at radius 2 is 0.811 bits per heavy atom. The van der Waals surface area contributed by atoms with Crippen molar-refractivity contribution in [1.82, 2.24) is 37.2 Å². The van der Waals surface area contributed by atoms with Crippen molar-refractivity contribution in [3.63, 3.8) is 0 Å². The lowest BCUT2D eigenvalue weighted by Gasteiger charge is -2.36. The number of esters is 1. The molecule has 0 fully saturated rings.